The van der Waals surface area contributed by atoms with Crippen LogP contribution in [0, 0.1) is 11.8 Å². The lowest BCUT2D eigenvalue weighted by molar-refractivity contribution is -0.136. The van der Waals surface area contributed by atoms with Crippen molar-refractivity contribution in [2.75, 3.05) is 13.7 Å². The van der Waals surface area contributed by atoms with Gasteiger partial charge in [-0.3, -0.25) is 9.78 Å². The number of rotatable bonds is 4. The third-order valence-corrected chi connectivity index (χ3v) is 3.96. The Morgan fingerprint density at radius 1 is 1.37 bits per heavy atom. The molecule has 0 aliphatic heterocycles. The topological polar surface area (TPSA) is 53.4 Å². The molecular formula is C15H22N2O2. The first-order chi connectivity index (χ1) is 9.20. The molecule has 1 amide bonds. The Kier molecular flexibility index (Phi) is 4.91. The zero-order valence-corrected chi connectivity index (χ0v) is 11.5. The molecule has 0 radical (unpaired) electrons. The zero-order chi connectivity index (χ0) is 13.7. The van der Waals surface area contributed by atoms with E-state index in [4.69, 9.17) is 5.11 Å². The van der Waals surface area contributed by atoms with Crippen LogP contribution in [0.25, 0.3) is 0 Å². The second kappa shape index (κ2) is 6.66. The Balaban J connectivity index is 1.86. The molecule has 0 spiro atoms. The summed E-state index contributed by atoms with van der Waals surface area (Å²) < 4.78 is 0. The number of aliphatic hydroxyl groups excluding tert-OH is 1. The number of hydrogen-bond donors (Lipinski definition) is 1. The molecule has 1 saturated carbocycles. The lowest BCUT2D eigenvalue weighted by Gasteiger charge is -2.29. The summed E-state index contributed by atoms with van der Waals surface area (Å²) in [5.41, 5.74) is 0.919. The molecule has 2 rings (SSSR count). The highest BCUT2D eigenvalue weighted by Gasteiger charge is 2.27. The van der Waals surface area contributed by atoms with Gasteiger partial charge in [0.25, 0.3) is 0 Å². The van der Waals surface area contributed by atoms with Crippen molar-refractivity contribution < 1.29 is 9.90 Å². The predicted molar refractivity (Wildman–Crippen MR) is 73.2 cm³/mol. The second-order valence-electron chi connectivity index (χ2n) is 5.42. The van der Waals surface area contributed by atoms with Crippen LogP contribution in [-0.4, -0.2) is 34.6 Å². The van der Waals surface area contributed by atoms with E-state index in [2.05, 4.69) is 4.98 Å². The van der Waals surface area contributed by atoms with Gasteiger partial charge in [0.05, 0.1) is 12.2 Å². The molecule has 1 aliphatic carbocycles. The van der Waals surface area contributed by atoms with Crippen LogP contribution in [0.5, 0.6) is 0 Å². The van der Waals surface area contributed by atoms with Crippen molar-refractivity contribution in [1.82, 2.24) is 9.88 Å². The summed E-state index contributed by atoms with van der Waals surface area (Å²) in [4.78, 5) is 18.3. The molecule has 0 saturated heterocycles. The SMILES string of the molecule is CN(Cc1ccccn1)C(=O)C1CCC(CO)CC1. The predicted octanol–water partition coefficient (Wildman–Crippen LogP) is 1.84. The molecule has 1 heterocycles. The number of carbonyl (C=O) groups excluding carboxylic acids is 1. The standard InChI is InChI=1S/C15H22N2O2/c1-17(10-14-4-2-3-9-16-14)15(19)13-7-5-12(11-18)6-8-13/h2-4,9,12-13,18H,5-8,10-11H2,1H3. The molecule has 1 N–H and O–H groups in total. The van der Waals surface area contributed by atoms with Crippen LogP contribution in [0.1, 0.15) is 31.4 Å². The van der Waals surface area contributed by atoms with E-state index in [9.17, 15) is 4.79 Å². The Hall–Kier alpha value is -1.42. The van der Waals surface area contributed by atoms with E-state index in [1.165, 1.54) is 0 Å². The number of aliphatic hydroxyl groups is 1. The maximum absolute atomic E-state index is 12.3. The first kappa shape index (κ1) is 14.0. The van der Waals surface area contributed by atoms with Crippen LogP contribution in [-0.2, 0) is 11.3 Å². The van der Waals surface area contributed by atoms with Crippen molar-refractivity contribution in [3.8, 4) is 0 Å². The third kappa shape index (κ3) is 3.77. The van der Waals surface area contributed by atoms with E-state index < -0.39 is 0 Å². The average Bonchev–Trinajstić information content (AvgIpc) is 2.47. The Labute approximate surface area is 114 Å². The maximum Gasteiger partial charge on any atom is 0.225 e. The van der Waals surface area contributed by atoms with Gasteiger partial charge in [0.15, 0.2) is 0 Å². The molecule has 1 aliphatic rings. The van der Waals surface area contributed by atoms with Gasteiger partial charge in [-0.25, -0.2) is 0 Å². The van der Waals surface area contributed by atoms with Crippen molar-refractivity contribution in [3.05, 3.63) is 30.1 Å². The fraction of sp³-hybridized carbons (Fsp3) is 0.600. The van der Waals surface area contributed by atoms with Gasteiger partial charge in [-0.15, -0.1) is 0 Å². The van der Waals surface area contributed by atoms with Crippen LogP contribution in [0.15, 0.2) is 24.4 Å². The number of nitrogens with zero attached hydrogens (tertiary/aromatic N) is 2. The minimum atomic E-state index is 0.122. The molecule has 0 unspecified atom stereocenters. The van der Waals surface area contributed by atoms with E-state index in [1.807, 2.05) is 25.2 Å². The highest BCUT2D eigenvalue weighted by Crippen LogP contribution is 2.29. The van der Waals surface area contributed by atoms with Gasteiger partial charge in [0.2, 0.25) is 5.91 Å². The molecule has 1 aromatic heterocycles. The number of carbonyl (C=O) groups is 1. The van der Waals surface area contributed by atoms with Crippen molar-refractivity contribution in [1.29, 1.82) is 0 Å². The summed E-state index contributed by atoms with van der Waals surface area (Å²) in [6.45, 7) is 0.824. The maximum atomic E-state index is 12.3. The zero-order valence-electron chi connectivity index (χ0n) is 11.5. The normalized spacial score (nSPS) is 23.1. The fourth-order valence-electron chi connectivity index (χ4n) is 2.72. The molecule has 1 fully saturated rings. The van der Waals surface area contributed by atoms with Crippen molar-refractivity contribution in [2.24, 2.45) is 11.8 Å². The van der Waals surface area contributed by atoms with Crippen LogP contribution in [0.4, 0.5) is 0 Å². The molecule has 4 heteroatoms. The molecule has 0 atom stereocenters. The van der Waals surface area contributed by atoms with Gasteiger partial charge in [-0.2, -0.15) is 0 Å². The van der Waals surface area contributed by atoms with Gasteiger partial charge in [0.1, 0.15) is 0 Å². The Morgan fingerprint density at radius 2 is 2.11 bits per heavy atom. The molecule has 0 aromatic carbocycles. The first-order valence-electron chi connectivity index (χ1n) is 6.96. The molecular weight excluding hydrogens is 240 g/mol. The van der Waals surface area contributed by atoms with Crippen molar-refractivity contribution >= 4 is 5.91 Å². The van der Waals surface area contributed by atoms with Gasteiger partial charge in [-0.05, 0) is 43.7 Å². The van der Waals surface area contributed by atoms with Crippen LogP contribution >= 0.6 is 0 Å². The summed E-state index contributed by atoms with van der Waals surface area (Å²) >= 11 is 0. The van der Waals surface area contributed by atoms with Crippen molar-refractivity contribution in [3.63, 3.8) is 0 Å². The van der Waals surface area contributed by atoms with E-state index in [0.29, 0.717) is 12.5 Å². The second-order valence-corrected chi connectivity index (χ2v) is 5.42. The molecule has 0 bridgehead atoms. The summed E-state index contributed by atoms with van der Waals surface area (Å²) in [6.07, 6.45) is 5.47. The van der Waals surface area contributed by atoms with Crippen LogP contribution in [0.2, 0.25) is 0 Å². The minimum Gasteiger partial charge on any atom is -0.396 e. The quantitative estimate of drug-likeness (QED) is 0.900. The van der Waals surface area contributed by atoms with Gasteiger partial charge < -0.3 is 10.0 Å². The lowest BCUT2D eigenvalue weighted by atomic mass is 9.82. The summed E-state index contributed by atoms with van der Waals surface area (Å²) in [6, 6.07) is 5.75. The largest absolute Gasteiger partial charge is 0.396 e. The number of hydrogen-bond acceptors (Lipinski definition) is 3. The first-order valence-corrected chi connectivity index (χ1v) is 6.96. The molecule has 19 heavy (non-hydrogen) atoms. The summed E-state index contributed by atoms with van der Waals surface area (Å²) in [5.74, 6) is 0.726. The van der Waals surface area contributed by atoms with E-state index in [1.54, 1.807) is 11.1 Å². The van der Waals surface area contributed by atoms with Gasteiger partial charge >= 0.3 is 0 Å². The Morgan fingerprint density at radius 3 is 2.68 bits per heavy atom. The van der Waals surface area contributed by atoms with Crippen molar-refractivity contribution in [2.45, 2.75) is 32.2 Å². The Bertz CT molecular complexity index is 400. The monoisotopic (exact) mass is 262 g/mol. The number of amides is 1. The number of aromatic nitrogens is 1. The smallest absolute Gasteiger partial charge is 0.225 e. The highest BCUT2D eigenvalue weighted by atomic mass is 16.3. The van der Waals surface area contributed by atoms with E-state index in [-0.39, 0.29) is 18.4 Å². The fourth-order valence-corrected chi connectivity index (χ4v) is 2.72. The lowest BCUT2D eigenvalue weighted by Crippen LogP contribution is -2.35. The average molecular weight is 262 g/mol. The summed E-state index contributed by atoms with van der Waals surface area (Å²) in [5, 5.41) is 9.12. The molecule has 104 valence electrons. The molecule has 4 nitrogen and oxygen atoms in total. The van der Waals surface area contributed by atoms with Gasteiger partial charge in [-0.1, -0.05) is 6.07 Å². The summed E-state index contributed by atoms with van der Waals surface area (Å²) in [7, 11) is 1.84. The van der Waals surface area contributed by atoms with Gasteiger partial charge in [0, 0.05) is 25.8 Å². The van der Waals surface area contributed by atoms with E-state index in [0.717, 1.165) is 31.4 Å². The number of pyridine rings is 1. The minimum absolute atomic E-state index is 0.122. The van der Waals surface area contributed by atoms with Crippen LogP contribution in [0.3, 0.4) is 0 Å². The van der Waals surface area contributed by atoms with Crippen LogP contribution < -0.4 is 0 Å². The highest BCUT2D eigenvalue weighted by molar-refractivity contribution is 5.78. The third-order valence-electron chi connectivity index (χ3n) is 3.96. The molecule has 1 aromatic rings. The van der Waals surface area contributed by atoms with E-state index >= 15 is 0 Å².